The highest BCUT2D eigenvalue weighted by molar-refractivity contribution is 9.10. The van der Waals surface area contributed by atoms with Crippen molar-refractivity contribution in [1.29, 1.82) is 0 Å². The van der Waals surface area contributed by atoms with Crippen LogP contribution in [0.4, 0.5) is 0 Å². The molecule has 1 aromatic carbocycles. The first kappa shape index (κ1) is 12.2. The SMILES string of the molecule is C[C@@H](C(N)=O)S(=O)(=O)c1ccc(Br)cc1. The molecule has 0 fully saturated rings. The van der Waals surface area contributed by atoms with E-state index in [4.69, 9.17) is 5.73 Å². The number of primary amides is 1. The van der Waals surface area contributed by atoms with Crippen LogP contribution in [-0.2, 0) is 14.6 Å². The van der Waals surface area contributed by atoms with E-state index < -0.39 is 21.0 Å². The van der Waals surface area contributed by atoms with Gasteiger partial charge in [0, 0.05) is 4.47 Å². The van der Waals surface area contributed by atoms with Crippen LogP contribution >= 0.6 is 15.9 Å². The molecule has 0 saturated carbocycles. The lowest BCUT2D eigenvalue weighted by molar-refractivity contribution is -0.117. The van der Waals surface area contributed by atoms with Crippen LogP contribution in [0, 0.1) is 0 Å². The van der Waals surface area contributed by atoms with Crippen molar-refractivity contribution in [2.75, 3.05) is 0 Å². The summed E-state index contributed by atoms with van der Waals surface area (Å²) >= 11 is 3.19. The van der Waals surface area contributed by atoms with Crippen LogP contribution in [0.1, 0.15) is 6.92 Å². The van der Waals surface area contributed by atoms with Gasteiger partial charge in [-0.15, -0.1) is 0 Å². The Morgan fingerprint density at radius 3 is 2.20 bits per heavy atom. The summed E-state index contributed by atoms with van der Waals surface area (Å²) in [5.41, 5.74) is 4.96. The minimum atomic E-state index is -3.65. The lowest BCUT2D eigenvalue weighted by Crippen LogP contribution is -2.33. The molecule has 1 aromatic rings. The van der Waals surface area contributed by atoms with E-state index in [1.54, 1.807) is 12.1 Å². The third kappa shape index (κ3) is 2.57. The number of benzene rings is 1. The van der Waals surface area contributed by atoms with E-state index in [1.807, 2.05) is 0 Å². The fourth-order valence-corrected chi connectivity index (χ4v) is 2.48. The van der Waals surface area contributed by atoms with Gasteiger partial charge in [0.25, 0.3) is 0 Å². The van der Waals surface area contributed by atoms with Crippen LogP contribution in [0.2, 0.25) is 0 Å². The molecule has 0 radical (unpaired) electrons. The van der Waals surface area contributed by atoms with E-state index in [-0.39, 0.29) is 4.90 Å². The third-order valence-corrected chi connectivity index (χ3v) is 4.63. The van der Waals surface area contributed by atoms with E-state index in [0.29, 0.717) is 0 Å². The first-order valence-electron chi connectivity index (χ1n) is 4.14. The van der Waals surface area contributed by atoms with Gasteiger partial charge in [0.05, 0.1) is 4.90 Å². The molecule has 0 spiro atoms. The fraction of sp³-hybridized carbons (Fsp3) is 0.222. The Morgan fingerprint density at radius 2 is 1.80 bits per heavy atom. The van der Waals surface area contributed by atoms with Gasteiger partial charge in [0.1, 0.15) is 5.25 Å². The molecule has 0 saturated heterocycles. The Balaban J connectivity index is 3.17. The fourth-order valence-electron chi connectivity index (χ4n) is 0.981. The summed E-state index contributed by atoms with van der Waals surface area (Å²) in [5.74, 6) is -0.849. The van der Waals surface area contributed by atoms with Crippen LogP contribution in [0.25, 0.3) is 0 Å². The van der Waals surface area contributed by atoms with Gasteiger partial charge in [0.15, 0.2) is 9.84 Å². The average molecular weight is 292 g/mol. The summed E-state index contributed by atoms with van der Waals surface area (Å²) in [6.45, 7) is 1.28. The highest BCUT2D eigenvalue weighted by Gasteiger charge is 2.27. The molecule has 0 aliphatic carbocycles. The van der Waals surface area contributed by atoms with Gasteiger partial charge < -0.3 is 5.73 Å². The van der Waals surface area contributed by atoms with Crippen LogP contribution < -0.4 is 5.73 Å². The Bertz CT molecular complexity index is 467. The minimum Gasteiger partial charge on any atom is -0.369 e. The van der Waals surface area contributed by atoms with E-state index in [1.165, 1.54) is 19.1 Å². The molecule has 1 amide bonds. The molecule has 1 rings (SSSR count). The number of carbonyl (C=O) groups is 1. The van der Waals surface area contributed by atoms with Gasteiger partial charge in [-0.1, -0.05) is 15.9 Å². The van der Waals surface area contributed by atoms with E-state index in [2.05, 4.69) is 15.9 Å². The molecule has 82 valence electrons. The topological polar surface area (TPSA) is 77.2 Å². The quantitative estimate of drug-likeness (QED) is 0.906. The molecular formula is C9H10BrNO3S. The second-order valence-corrected chi connectivity index (χ2v) is 6.23. The van der Waals surface area contributed by atoms with Crippen molar-refractivity contribution in [3.8, 4) is 0 Å². The number of amides is 1. The predicted octanol–water partition coefficient (Wildman–Crippen LogP) is 1.10. The second-order valence-electron chi connectivity index (χ2n) is 3.04. The standard InChI is InChI=1S/C9H10BrNO3S/c1-6(9(11)12)15(13,14)8-4-2-7(10)3-5-8/h2-6H,1H3,(H2,11,12)/t6-/m0/s1. The van der Waals surface area contributed by atoms with Crippen LogP contribution in [0.5, 0.6) is 0 Å². The van der Waals surface area contributed by atoms with Gasteiger partial charge in [0.2, 0.25) is 5.91 Å². The third-order valence-electron chi connectivity index (χ3n) is 2.01. The first-order valence-corrected chi connectivity index (χ1v) is 6.48. The number of halogens is 1. The van der Waals surface area contributed by atoms with Crippen molar-refractivity contribution in [2.45, 2.75) is 17.1 Å². The van der Waals surface area contributed by atoms with Crippen LogP contribution in [0.3, 0.4) is 0 Å². The molecule has 6 heteroatoms. The monoisotopic (exact) mass is 291 g/mol. The molecule has 2 N–H and O–H groups in total. The van der Waals surface area contributed by atoms with Gasteiger partial charge in [-0.25, -0.2) is 8.42 Å². The molecule has 0 aliphatic heterocycles. The van der Waals surface area contributed by atoms with Crippen molar-refractivity contribution < 1.29 is 13.2 Å². The summed E-state index contributed by atoms with van der Waals surface area (Å²) < 4.78 is 24.3. The summed E-state index contributed by atoms with van der Waals surface area (Å²) in [6, 6.07) is 6.05. The van der Waals surface area contributed by atoms with Gasteiger partial charge >= 0.3 is 0 Å². The second kappa shape index (κ2) is 4.32. The minimum absolute atomic E-state index is 0.0944. The normalized spacial score (nSPS) is 13.5. The maximum Gasteiger partial charge on any atom is 0.235 e. The lowest BCUT2D eigenvalue weighted by atomic mass is 10.4. The summed E-state index contributed by atoms with van der Waals surface area (Å²) in [4.78, 5) is 10.9. The van der Waals surface area contributed by atoms with Crippen molar-refractivity contribution >= 4 is 31.7 Å². The molecule has 0 aromatic heterocycles. The molecule has 0 heterocycles. The zero-order chi connectivity index (χ0) is 11.6. The molecule has 0 bridgehead atoms. The number of sulfone groups is 1. The maximum atomic E-state index is 11.8. The molecular weight excluding hydrogens is 282 g/mol. The largest absolute Gasteiger partial charge is 0.369 e. The number of hydrogen-bond donors (Lipinski definition) is 1. The zero-order valence-corrected chi connectivity index (χ0v) is 10.4. The Hall–Kier alpha value is -0.880. The van der Waals surface area contributed by atoms with Gasteiger partial charge in [-0.05, 0) is 31.2 Å². The maximum absolute atomic E-state index is 11.8. The molecule has 15 heavy (non-hydrogen) atoms. The Morgan fingerprint density at radius 1 is 1.33 bits per heavy atom. The van der Waals surface area contributed by atoms with Gasteiger partial charge in [-0.2, -0.15) is 0 Å². The number of hydrogen-bond acceptors (Lipinski definition) is 3. The van der Waals surface area contributed by atoms with Gasteiger partial charge in [-0.3, -0.25) is 4.79 Å². The van der Waals surface area contributed by atoms with Crippen molar-refractivity contribution in [3.63, 3.8) is 0 Å². The smallest absolute Gasteiger partial charge is 0.235 e. The Kier molecular flexibility index (Phi) is 3.51. The van der Waals surface area contributed by atoms with Crippen molar-refractivity contribution in [3.05, 3.63) is 28.7 Å². The van der Waals surface area contributed by atoms with E-state index >= 15 is 0 Å². The Labute approximate surface area is 96.5 Å². The van der Waals surface area contributed by atoms with E-state index in [9.17, 15) is 13.2 Å². The van der Waals surface area contributed by atoms with Crippen LogP contribution in [0.15, 0.2) is 33.6 Å². The first-order chi connectivity index (χ1) is 6.85. The van der Waals surface area contributed by atoms with E-state index in [0.717, 1.165) is 4.47 Å². The molecule has 1 atom stereocenters. The zero-order valence-electron chi connectivity index (χ0n) is 7.98. The predicted molar refractivity (Wildman–Crippen MR) is 60.0 cm³/mol. The summed E-state index contributed by atoms with van der Waals surface area (Å²) in [7, 11) is -3.65. The highest BCUT2D eigenvalue weighted by atomic mass is 79.9. The van der Waals surface area contributed by atoms with Crippen molar-refractivity contribution in [2.24, 2.45) is 5.73 Å². The average Bonchev–Trinajstić information content (AvgIpc) is 2.17. The summed E-state index contributed by atoms with van der Waals surface area (Å²) in [6.07, 6.45) is 0. The molecule has 0 unspecified atom stereocenters. The number of carbonyl (C=O) groups excluding carboxylic acids is 1. The van der Waals surface area contributed by atoms with Crippen LogP contribution in [-0.4, -0.2) is 19.6 Å². The highest BCUT2D eigenvalue weighted by Crippen LogP contribution is 2.18. The number of rotatable bonds is 3. The van der Waals surface area contributed by atoms with Crippen molar-refractivity contribution in [1.82, 2.24) is 0 Å². The molecule has 0 aliphatic rings. The lowest BCUT2D eigenvalue weighted by Gasteiger charge is -2.08. The number of nitrogens with two attached hydrogens (primary N) is 1. The molecule has 4 nitrogen and oxygen atoms in total. The summed E-state index contributed by atoms with van der Waals surface area (Å²) in [5, 5.41) is -1.21.